The van der Waals surface area contributed by atoms with Gasteiger partial charge in [-0.2, -0.15) is 9.36 Å². The van der Waals surface area contributed by atoms with Gasteiger partial charge in [-0.3, -0.25) is 0 Å². The number of tetrazole rings is 1. The predicted molar refractivity (Wildman–Crippen MR) is 108 cm³/mol. The van der Waals surface area contributed by atoms with Crippen LogP contribution in [0.5, 0.6) is 5.75 Å². The number of aryl methyl sites for hydroxylation is 3. The van der Waals surface area contributed by atoms with Crippen LogP contribution in [0.1, 0.15) is 16.0 Å². The molecule has 4 aromatic rings. The third kappa shape index (κ3) is 3.46. The molecule has 0 fully saturated rings. The first-order valence-electron chi connectivity index (χ1n) is 8.76. The molecule has 142 valence electrons. The van der Waals surface area contributed by atoms with E-state index in [1.807, 2.05) is 62.5 Å². The largest absolute Gasteiger partial charge is 0.489 e. The summed E-state index contributed by atoms with van der Waals surface area (Å²) in [4.78, 5) is 17.9. The number of benzene rings is 2. The Hall–Kier alpha value is -3.26. The SMILES string of the molecule is Cc1cnc(-c2cccc(OCc3c(C)cccc3-n3nnn(C)c3=O)c2)s1. The second kappa shape index (κ2) is 7.40. The van der Waals surface area contributed by atoms with Crippen LogP contribution in [0.4, 0.5) is 0 Å². The van der Waals surface area contributed by atoms with Crippen molar-refractivity contribution in [1.82, 2.24) is 24.8 Å². The van der Waals surface area contributed by atoms with Gasteiger partial charge in [0.2, 0.25) is 0 Å². The number of hydrogen-bond acceptors (Lipinski definition) is 6. The molecule has 0 aliphatic heterocycles. The molecule has 0 aliphatic carbocycles. The Balaban J connectivity index is 1.63. The lowest BCUT2D eigenvalue weighted by molar-refractivity contribution is 0.305. The van der Waals surface area contributed by atoms with Gasteiger partial charge in [0.25, 0.3) is 0 Å². The van der Waals surface area contributed by atoms with Crippen LogP contribution in [0.15, 0.2) is 53.5 Å². The zero-order valence-corrected chi connectivity index (χ0v) is 16.6. The van der Waals surface area contributed by atoms with Gasteiger partial charge >= 0.3 is 5.69 Å². The molecule has 0 bridgehead atoms. The normalized spacial score (nSPS) is 11.0. The Morgan fingerprint density at radius 3 is 2.64 bits per heavy atom. The van der Waals surface area contributed by atoms with E-state index >= 15 is 0 Å². The van der Waals surface area contributed by atoms with Crippen molar-refractivity contribution in [3.8, 4) is 22.0 Å². The lowest BCUT2D eigenvalue weighted by Gasteiger charge is -2.13. The van der Waals surface area contributed by atoms with Gasteiger partial charge in [-0.25, -0.2) is 9.78 Å². The van der Waals surface area contributed by atoms with E-state index in [4.69, 9.17) is 4.74 Å². The van der Waals surface area contributed by atoms with Crippen molar-refractivity contribution >= 4 is 11.3 Å². The van der Waals surface area contributed by atoms with Crippen LogP contribution >= 0.6 is 11.3 Å². The molecule has 0 saturated heterocycles. The molecule has 8 heteroatoms. The third-order valence-corrected chi connectivity index (χ3v) is 5.38. The summed E-state index contributed by atoms with van der Waals surface area (Å²) in [5.74, 6) is 0.742. The molecule has 0 aliphatic rings. The van der Waals surface area contributed by atoms with Crippen LogP contribution in [-0.4, -0.2) is 24.8 Å². The van der Waals surface area contributed by atoms with Gasteiger partial charge in [0.05, 0.1) is 5.69 Å². The smallest absolute Gasteiger partial charge is 0.368 e. The maximum Gasteiger partial charge on any atom is 0.368 e. The topological polar surface area (TPSA) is 74.8 Å². The number of thiazole rings is 1. The predicted octanol–water partition coefficient (Wildman–Crippen LogP) is 3.29. The maximum atomic E-state index is 12.3. The first-order chi connectivity index (χ1) is 13.5. The average Bonchev–Trinajstić information content (AvgIpc) is 3.27. The molecule has 28 heavy (non-hydrogen) atoms. The average molecular weight is 393 g/mol. The van der Waals surface area contributed by atoms with Crippen LogP contribution < -0.4 is 10.4 Å². The van der Waals surface area contributed by atoms with Crippen LogP contribution in [0.2, 0.25) is 0 Å². The van der Waals surface area contributed by atoms with Crippen molar-refractivity contribution in [3.63, 3.8) is 0 Å². The summed E-state index contributed by atoms with van der Waals surface area (Å²) < 4.78 is 8.55. The molecule has 4 rings (SSSR count). The second-order valence-electron chi connectivity index (χ2n) is 6.46. The molecule has 0 unspecified atom stereocenters. The second-order valence-corrected chi connectivity index (χ2v) is 7.70. The zero-order valence-electron chi connectivity index (χ0n) is 15.8. The maximum absolute atomic E-state index is 12.3. The number of ether oxygens (including phenoxy) is 1. The number of hydrogen-bond donors (Lipinski definition) is 0. The van der Waals surface area contributed by atoms with Crippen molar-refractivity contribution in [2.75, 3.05) is 0 Å². The molecule has 7 nitrogen and oxygen atoms in total. The van der Waals surface area contributed by atoms with E-state index in [0.29, 0.717) is 12.3 Å². The Labute approximate surface area is 165 Å². The minimum Gasteiger partial charge on any atom is -0.489 e. The van der Waals surface area contributed by atoms with Crippen molar-refractivity contribution in [2.45, 2.75) is 20.5 Å². The lowest BCUT2D eigenvalue weighted by Crippen LogP contribution is -2.23. The van der Waals surface area contributed by atoms with Gasteiger partial charge in [0.15, 0.2) is 0 Å². The van der Waals surface area contributed by atoms with Crippen molar-refractivity contribution < 1.29 is 4.74 Å². The standard InChI is InChI=1S/C20H19N5O2S/c1-13-6-4-9-18(25-20(26)24(3)22-23-25)17(13)12-27-16-8-5-7-15(10-16)19-21-11-14(2)28-19/h4-11H,12H2,1-3H3. The summed E-state index contributed by atoms with van der Waals surface area (Å²) in [6.07, 6.45) is 1.87. The first kappa shape index (κ1) is 18.1. The van der Waals surface area contributed by atoms with E-state index in [2.05, 4.69) is 15.4 Å². The quantitative estimate of drug-likeness (QED) is 0.520. The molecular weight excluding hydrogens is 374 g/mol. The van der Waals surface area contributed by atoms with Gasteiger partial charge in [-0.1, -0.05) is 24.3 Å². The van der Waals surface area contributed by atoms with Gasteiger partial charge in [-0.15, -0.1) is 11.3 Å². The van der Waals surface area contributed by atoms with Crippen LogP contribution in [-0.2, 0) is 13.7 Å². The van der Waals surface area contributed by atoms with Crippen LogP contribution in [0, 0.1) is 13.8 Å². The first-order valence-corrected chi connectivity index (χ1v) is 9.58. The van der Waals surface area contributed by atoms with Crippen LogP contribution in [0.3, 0.4) is 0 Å². The Morgan fingerprint density at radius 1 is 1.11 bits per heavy atom. The van der Waals surface area contributed by atoms with Crippen molar-refractivity contribution in [2.24, 2.45) is 7.05 Å². The number of rotatable bonds is 5. The van der Waals surface area contributed by atoms with E-state index in [0.717, 1.165) is 27.4 Å². The van der Waals surface area contributed by atoms with Crippen LogP contribution in [0.25, 0.3) is 16.3 Å². The van der Waals surface area contributed by atoms with Gasteiger partial charge in [0.1, 0.15) is 17.4 Å². The molecule has 2 aromatic carbocycles. The molecule has 0 radical (unpaired) electrons. The summed E-state index contributed by atoms with van der Waals surface area (Å²) in [7, 11) is 1.57. The minimum absolute atomic E-state index is 0.298. The summed E-state index contributed by atoms with van der Waals surface area (Å²) in [5.41, 5.74) is 3.30. The monoisotopic (exact) mass is 393 g/mol. The molecule has 0 amide bonds. The highest BCUT2D eigenvalue weighted by Crippen LogP contribution is 2.28. The minimum atomic E-state index is -0.298. The summed E-state index contributed by atoms with van der Waals surface area (Å²) in [6, 6.07) is 13.6. The number of aromatic nitrogens is 5. The van der Waals surface area contributed by atoms with E-state index < -0.39 is 0 Å². The van der Waals surface area contributed by atoms with E-state index in [1.54, 1.807) is 18.4 Å². The third-order valence-electron chi connectivity index (χ3n) is 4.42. The highest BCUT2D eigenvalue weighted by atomic mass is 32.1. The highest BCUT2D eigenvalue weighted by Gasteiger charge is 2.14. The highest BCUT2D eigenvalue weighted by molar-refractivity contribution is 7.14. The van der Waals surface area contributed by atoms with Crippen molar-refractivity contribution in [3.05, 3.63) is 75.1 Å². The molecular formula is C20H19N5O2S. The summed E-state index contributed by atoms with van der Waals surface area (Å²) in [6.45, 7) is 4.33. The zero-order chi connectivity index (χ0) is 19.7. The van der Waals surface area contributed by atoms with Gasteiger partial charge < -0.3 is 4.74 Å². The fourth-order valence-electron chi connectivity index (χ4n) is 2.90. The fraction of sp³-hybridized carbons (Fsp3) is 0.200. The fourth-order valence-corrected chi connectivity index (χ4v) is 3.66. The van der Waals surface area contributed by atoms with Crippen molar-refractivity contribution in [1.29, 1.82) is 0 Å². The van der Waals surface area contributed by atoms with E-state index in [-0.39, 0.29) is 5.69 Å². The molecule has 0 atom stereocenters. The Bertz CT molecular complexity index is 1190. The summed E-state index contributed by atoms with van der Waals surface area (Å²) in [5, 5.41) is 8.72. The Kier molecular flexibility index (Phi) is 4.79. The van der Waals surface area contributed by atoms with E-state index in [1.165, 1.54) is 14.2 Å². The van der Waals surface area contributed by atoms with Gasteiger partial charge in [0, 0.05) is 29.2 Å². The molecule has 0 saturated carbocycles. The summed E-state index contributed by atoms with van der Waals surface area (Å²) >= 11 is 1.65. The molecule has 2 heterocycles. The lowest BCUT2D eigenvalue weighted by atomic mass is 10.1. The molecule has 0 N–H and O–H groups in total. The number of nitrogens with zero attached hydrogens (tertiary/aromatic N) is 5. The van der Waals surface area contributed by atoms with E-state index in [9.17, 15) is 4.79 Å². The Morgan fingerprint density at radius 2 is 1.93 bits per heavy atom. The molecule has 0 spiro atoms. The van der Waals surface area contributed by atoms with Gasteiger partial charge in [-0.05, 0) is 48.0 Å². The molecule has 2 aromatic heterocycles.